The van der Waals surface area contributed by atoms with Gasteiger partial charge >= 0.3 is 0 Å². The van der Waals surface area contributed by atoms with Crippen molar-refractivity contribution < 1.29 is 4.39 Å². The number of hydrogen-bond donors (Lipinski definition) is 1. The van der Waals surface area contributed by atoms with Crippen molar-refractivity contribution in [3.8, 4) is 0 Å². The number of fused-ring (bicyclic) bond motifs is 1. The van der Waals surface area contributed by atoms with Crippen molar-refractivity contribution in [2.75, 3.05) is 24.4 Å². The molecule has 0 unspecified atom stereocenters. The third-order valence-electron chi connectivity index (χ3n) is 6.48. The van der Waals surface area contributed by atoms with Crippen LogP contribution in [0.25, 0.3) is 10.9 Å². The summed E-state index contributed by atoms with van der Waals surface area (Å²) in [5.41, 5.74) is 3.39. The van der Waals surface area contributed by atoms with Crippen LogP contribution in [0.3, 0.4) is 0 Å². The van der Waals surface area contributed by atoms with Gasteiger partial charge in [-0.05, 0) is 68.8 Å². The number of piperidine rings is 1. The fourth-order valence-electron chi connectivity index (χ4n) is 5.07. The van der Waals surface area contributed by atoms with Gasteiger partial charge in [0.25, 0.3) is 0 Å². The van der Waals surface area contributed by atoms with Crippen LogP contribution >= 0.6 is 23.7 Å². The summed E-state index contributed by atoms with van der Waals surface area (Å²) in [7, 11) is 2.12. The van der Waals surface area contributed by atoms with Crippen LogP contribution in [-0.4, -0.2) is 45.9 Å². The Labute approximate surface area is 186 Å². The summed E-state index contributed by atoms with van der Waals surface area (Å²) in [6, 6.07) is 13.4. The van der Waals surface area contributed by atoms with Crippen LogP contribution < -0.4 is 4.31 Å². The molecule has 4 nitrogen and oxygen atoms in total. The highest BCUT2D eigenvalue weighted by molar-refractivity contribution is 7.98. The summed E-state index contributed by atoms with van der Waals surface area (Å²) < 4.78 is 18.5. The van der Waals surface area contributed by atoms with E-state index in [1.165, 1.54) is 17.0 Å². The molecule has 3 heterocycles. The van der Waals surface area contributed by atoms with Crippen molar-refractivity contribution in [3.63, 3.8) is 0 Å². The number of aromatic amines is 1. The molecule has 3 aromatic rings. The molecule has 2 aromatic carbocycles. The Hall–Kier alpha value is -1.73. The van der Waals surface area contributed by atoms with Crippen LogP contribution in [0, 0.1) is 5.82 Å². The zero-order chi connectivity index (χ0) is 20.9. The number of nitrogens with zero attached hydrogens (tertiary/aromatic N) is 3. The number of halogens is 2. The fraction of sp³-hybridized carbons (Fsp3) is 0.391. The second-order valence-corrected chi connectivity index (χ2v) is 10.2. The van der Waals surface area contributed by atoms with Crippen molar-refractivity contribution in [2.24, 2.45) is 0 Å². The van der Waals surface area contributed by atoms with Gasteiger partial charge in [0.15, 0.2) is 0 Å². The molecule has 1 N–H and O–H groups in total. The van der Waals surface area contributed by atoms with E-state index in [1.807, 2.05) is 24.3 Å². The quantitative estimate of drug-likeness (QED) is 0.524. The first-order valence-electron chi connectivity index (χ1n) is 10.4. The Morgan fingerprint density at radius 2 is 2.13 bits per heavy atom. The van der Waals surface area contributed by atoms with Crippen molar-refractivity contribution in [1.82, 2.24) is 14.2 Å². The van der Waals surface area contributed by atoms with Crippen LogP contribution in [0.5, 0.6) is 0 Å². The minimum atomic E-state index is -0.179. The molecule has 158 valence electrons. The molecule has 0 radical (unpaired) electrons. The lowest BCUT2D eigenvalue weighted by molar-refractivity contribution is 0.101. The molecule has 0 saturated carbocycles. The average molecular weight is 445 g/mol. The highest BCUT2D eigenvalue weighted by Gasteiger charge is 2.48. The summed E-state index contributed by atoms with van der Waals surface area (Å²) in [4.78, 5) is 5.93. The smallest absolute Gasteiger partial charge is 0.125 e. The number of likely N-dealkylation sites (tertiary alicyclic amines) is 1. The van der Waals surface area contributed by atoms with Gasteiger partial charge in [0, 0.05) is 59.9 Å². The van der Waals surface area contributed by atoms with Gasteiger partial charge in [0.2, 0.25) is 0 Å². The molecule has 7 heteroatoms. The van der Waals surface area contributed by atoms with Gasteiger partial charge in [0.1, 0.15) is 5.82 Å². The minimum Gasteiger partial charge on any atom is -0.361 e. The molecule has 5 rings (SSSR count). The average Bonchev–Trinajstić information content (AvgIpc) is 3.24. The van der Waals surface area contributed by atoms with E-state index in [0.29, 0.717) is 6.04 Å². The molecule has 2 atom stereocenters. The van der Waals surface area contributed by atoms with Crippen LogP contribution in [0.15, 0.2) is 48.7 Å². The number of rotatable bonds is 3. The third kappa shape index (κ3) is 3.60. The highest BCUT2D eigenvalue weighted by Crippen LogP contribution is 2.47. The maximum absolute atomic E-state index is 13.9. The molecule has 0 aliphatic carbocycles. The molecular weight excluding hydrogens is 419 g/mol. The van der Waals surface area contributed by atoms with Gasteiger partial charge in [0.05, 0.1) is 11.2 Å². The Bertz CT molecular complexity index is 1070. The number of anilines is 1. The van der Waals surface area contributed by atoms with Crippen molar-refractivity contribution in [2.45, 2.75) is 37.9 Å². The molecule has 1 aromatic heterocycles. The molecule has 0 bridgehead atoms. The monoisotopic (exact) mass is 444 g/mol. The van der Waals surface area contributed by atoms with E-state index in [0.717, 1.165) is 48.7 Å². The number of H-pyrrole nitrogens is 1. The van der Waals surface area contributed by atoms with Crippen molar-refractivity contribution >= 4 is 40.3 Å². The SMILES string of the molecule is C[C@H]1C[C@]2(CCN1Cc1c[nH]c3ccc(Cl)cc13)CN(C)SN2c1cccc(F)c1. The number of likely N-dealkylation sites (N-methyl/N-ethyl adjacent to an activating group) is 1. The van der Waals surface area contributed by atoms with E-state index in [2.05, 4.69) is 38.7 Å². The lowest BCUT2D eigenvalue weighted by Crippen LogP contribution is -2.56. The number of hydrogen-bond acceptors (Lipinski definition) is 4. The van der Waals surface area contributed by atoms with Crippen molar-refractivity contribution in [3.05, 3.63) is 65.1 Å². The first-order chi connectivity index (χ1) is 14.4. The largest absolute Gasteiger partial charge is 0.361 e. The van der Waals surface area contributed by atoms with Crippen molar-refractivity contribution in [1.29, 1.82) is 0 Å². The predicted molar refractivity (Wildman–Crippen MR) is 124 cm³/mol. The molecule has 2 aliphatic heterocycles. The summed E-state index contributed by atoms with van der Waals surface area (Å²) in [6.07, 6.45) is 4.20. The van der Waals surface area contributed by atoms with Gasteiger partial charge in [-0.3, -0.25) is 9.21 Å². The lowest BCUT2D eigenvalue weighted by atomic mass is 9.82. The summed E-state index contributed by atoms with van der Waals surface area (Å²) >= 11 is 7.94. The van der Waals surface area contributed by atoms with E-state index < -0.39 is 0 Å². The predicted octanol–water partition coefficient (Wildman–Crippen LogP) is 5.70. The Balaban J connectivity index is 1.37. The van der Waals surface area contributed by atoms with Gasteiger partial charge in [-0.1, -0.05) is 17.7 Å². The van der Waals surface area contributed by atoms with Crippen LogP contribution in [0.4, 0.5) is 10.1 Å². The van der Waals surface area contributed by atoms with E-state index in [-0.39, 0.29) is 11.4 Å². The molecule has 2 aliphatic rings. The van der Waals surface area contributed by atoms with E-state index >= 15 is 0 Å². The van der Waals surface area contributed by atoms with Crippen LogP contribution in [0.1, 0.15) is 25.3 Å². The first kappa shape index (κ1) is 20.2. The zero-order valence-corrected chi connectivity index (χ0v) is 18.8. The Kier molecular flexibility index (Phi) is 5.22. The highest BCUT2D eigenvalue weighted by atomic mass is 35.5. The van der Waals surface area contributed by atoms with E-state index in [9.17, 15) is 4.39 Å². The minimum absolute atomic E-state index is 0.0205. The lowest BCUT2D eigenvalue weighted by Gasteiger charge is -2.47. The third-order valence-corrected chi connectivity index (χ3v) is 7.88. The normalized spacial score (nSPS) is 25.6. The van der Waals surface area contributed by atoms with Crippen LogP contribution in [0.2, 0.25) is 5.02 Å². The first-order valence-corrected chi connectivity index (χ1v) is 11.5. The Morgan fingerprint density at radius 3 is 2.93 bits per heavy atom. The van der Waals surface area contributed by atoms with Gasteiger partial charge in [-0.15, -0.1) is 0 Å². The van der Waals surface area contributed by atoms with E-state index in [1.54, 1.807) is 24.3 Å². The Morgan fingerprint density at radius 1 is 1.27 bits per heavy atom. The molecule has 0 amide bonds. The van der Waals surface area contributed by atoms with Gasteiger partial charge in [-0.25, -0.2) is 8.70 Å². The van der Waals surface area contributed by atoms with Gasteiger partial charge in [-0.2, -0.15) is 0 Å². The zero-order valence-electron chi connectivity index (χ0n) is 17.2. The topological polar surface area (TPSA) is 25.5 Å². The molecular formula is C23H26ClFN4S. The second kappa shape index (κ2) is 7.75. The van der Waals surface area contributed by atoms with E-state index in [4.69, 9.17) is 11.6 Å². The number of benzene rings is 2. The maximum atomic E-state index is 13.9. The fourth-order valence-corrected chi connectivity index (χ4v) is 6.43. The molecule has 2 saturated heterocycles. The molecule has 1 spiro atoms. The number of nitrogens with one attached hydrogen (secondary N) is 1. The summed E-state index contributed by atoms with van der Waals surface area (Å²) in [5.74, 6) is -0.179. The summed E-state index contributed by atoms with van der Waals surface area (Å²) in [6.45, 7) is 5.21. The van der Waals surface area contributed by atoms with Crippen LogP contribution in [-0.2, 0) is 6.54 Å². The molecule has 30 heavy (non-hydrogen) atoms. The maximum Gasteiger partial charge on any atom is 0.125 e. The molecule has 2 fully saturated rings. The second-order valence-electron chi connectivity index (χ2n) is 8.64. The standard InChI is InChI=1S/C23H26ClFN4S/c1-16-12-23(15-27(2)30-29(23)20-5-3-4-19(25)11-20)8-9-28(16)14-17-13-26-22-7-6-18(24)10-21(17)22/h3-7,10-11,13,16,26H,8-9,12,14-15H2,1-2H3/t16-,23+/m0/s1. The number of aromatic nitrogens is 1. The summed E-state index contributed by atoms with van der Waals surface area (Å²) in [5, 5.41) is 1.97. The van der Waals surface area contributed by atoms with Gasteiger partial charge < -0.3 is 4.98 Å².